The number of aromatic amines is 1. The second kappa shape index (κ2) is 5.77. The highest BCUT2D eigenvalue weighted by atomic mass is 16.5. The summed E-state index contributed by atoms with van der Waals surface area (Å²) in [6.45, 7) is 6.43. The number of hydrogen-bond donors (Lipinski definition) is 1. The number of morpholine rings is 1. The zero-order valence-electron chi connectivity index (χ0n) is 12.4. The molecule has 1 aliphatic rings. The SMILES string of the molecule is CCOc1ccc2cc(C(=O)N3CCOCC3C)[nH]c2c1. The van der Waals surface area contributed by atoms with E-state index < -0.39 is 0 Å². The lowest BCUT2D eigenvalue weighted by atomic mass is 10.2. The molecular weight excluding hydrogens is 268 g/mol. The molecule has 1 aliphatic heterocycles. The predicted octanol–water partition coefficient (Wildman–Crippen LogP) is 2.43. The molecule has 1 aromatic carbocycles. The second-order valence-corrected chi connectivity index (χ2v) is 5.29. The fraction of sp³-hybridized carbons (Fsp3) is 0.438. The van der Waals surface area contributed by atoms with Crippen molar-refractivity contribution < 1.29 is 14.3 Å². The van der Waals surface area contributed by atoms with Crippen molar-refractivity contribution in [2.75, 3.05) is 26.4 Å². The molecule has 1 aromatic heterocycles. The van der Waals surface area contributed by atoms with E-state index in [1.54, 1.807) is 0 Å². The van der Waals surface area contributed by atoms with E-state index in [1.165, 1.54) is 0 Å². The summed E-state index contributed by atoms with van der Waals surface area (Å²) in [6, 6.07) is 7.83. The van der Waals surface area contributed by atoms with Gasteiger partial charge in [-0.2, -0.15) is 0 Å². The fourth-order valence-electron chi connectivity index (χ4n) is 2.66. The van der Waals surface area contributed by atoms with Crippen LogP contribution in [0, 0.1) is 0 Å². The van der Waals surface area contributed by atoms with Crippen LogP contribution in [0.25, 0.3) is 10.9 Å². The molecule has 1 fully saturated rings. The number of fused-ring (bicyclic) bond motifs is 1. The molecule has 1 N–H and O–H groups in total. The number of nitrogens with one attached hydrogen (secondary N) is 1. The molecule has 5 nitrogen and oxygen atoms in total. The van der Waals surface area contributed by atoms with Crippen LogP contribution in [0.3, 0.4) is 0 Å². The lowest BCUT2D eigenvalue weighted by Gasteiger charge is -2.32. The third kappa shape index (κ3) is 2.74. The first kappa shape index (κ1) is 13.9. The van der Waals surface area contributed by atoms with Crippen molar-refractivity contribution in [2.24, 2.45) is 0 Å². The number of H-pyrrole nitrogens is 1. The van der Waals surface area contributed by atoms with Crippen LogP contribution < -0.4 is 4.74 Å². The molecule has 1 amide bonds. The first-order chi connectivity index (χ1) is 10.2. The molecule has 2 heterocycles. The molecule has 0 spiro atoms. The standard InChI is InChI=1S/C16H20N2O3/c1-3-21-13-5-4-12-8-15(17-14(12)9-13)16(19)18-6-7-20-10-11(18)2/h4-5,8-9,11,17H,3,6-7,10H2,1-2H3. The summed E-state index contributed by atoms with van der Waals surface area (Å²) in [4.78, 5) is 17.7. The molecule has 21 heavy (non-hydrogen) atoms. The summed E-state index contributed by atoms with van der Waals surface area (Å²) in [5.74, 6) is 0.838. The third-order valence-corrected chi connectivity index (χ3v) is 3.76. The summed E-state index contributed by atoms with van der Waals surface area (Å²) in [7, 11) is 0. The molecule has 1 saturated heterocycles. The van der Waals surface area contributed by atoms with Crippen LogP contribution in [0.1, 0.15) is 24.3 Å². The molecule has 0 radical (unpaired) electrons. The molecule has 2 aromatic rings. The van der Waals surface area contributed by atoms with Gasteiger partial charge in [0, 0.05) is 23.5 Å². The summed E-state index contributed by atoms with van der Waals surface area (Å²) >= 11 is 0. The van der Waals surface area contributed by atoms with Gasteiger partial charge < -0.3 is 19.4 Å². The molecule has 3 rings (SSSR count). The number of benzene rings is 1. The van der Waals surface area contributed by atoms with Gasteiger partial charge in [0.25, 0.3) is 5.91 Å². The number of rotatable bonds is 3. The van der Waals surface area contributed by atoms with E-state index >= 15 is 0 Å². The molecular formula is C16H20N2O3. The Morgan fingerprint density at radius 2 is 2.33 bits per heavy atom. The Hall–Kier alpha value is -2.01. The van der Waals surface area contributed by atoms with E-state index in [4.69, 9.17) is 9.47 Å². The smallest absolute Gasteiger partial charge is 0.270 e. The Labute approximate surface area is 123 Å². The molecule has 112 valence electrons. The Morgan fingerprint density at radius 3 is 3.10 bits per heavy atom. The minimum absolute atomic E-state index is 0.0277. The summed E-state index contributed by atoms with van der Waals surface area (Å²) < 4.78 is 10.9. The van der Waals surface area contributed by atoms with Crippen molar-refractivity contribution in [1.29, 1.82) is 0 Å². The minimum Gasteiger partial charge on any atom is -0.494 e. The molecule has 0 saturated carbocycles. The van der Waals surface area contributed by atoms with Crippen molar-refractivity contribution in [3.63, 3.8) is 0 Å². The molecule has 0 aliphatic carbocycles. The van der Waals surface area contributed by atoms with Gasteiger partial charge in [0.1, 0.15) is 11.4 Å². The first-order valence-corrected chi connectivity index (χ1v) is 7.33. The zero-order chi connectivity index (χ0) is 14.8. The van der Waals surface area contributed by atoms with E-state index in [-0.39, 0.29) is 11.9 Å². The number of ether oxygens (including phenoxy) is 2. The lowest BCUT2D eigenvalue weighted by molar-refractivity contribution is 0.00332. The van der Waals surface area contributed by atoms with Crippen LogP contribution in [0.2, 0.25) is 0 Å². The van der Waals surface area contributed by atoms with Crippen LogP contribution in [0.15, 0.2) is 24.3 Å². The number of aromatic nitrogens is 1. The van der Waals surface area contributed by atoms with Crippen molar-refractivity contribution in [2.45, 2.75) is 19.9 Å². The second-order valence-electron chi connectivity index (χ2n) is 5.29. The summed E-state index contributed by atoms with van der Waals surface area (Å²) in [5.41, 5.74) is 1.54. The highest BCUT2D eigenvalue weighted by Gasteiger charge is 2.25. The van der Waals surface area contributed by atoms with Crippen molar-refractivity contribution in [1.82, 2.24) is 9.88 Å². The van der Waals surface area contributed by atoms with Gasteiger partial charge in [-0.1, -0.05) is 0 Å². The van der Waals surface area contributed by atoms with Crippen LogP contribution in [-0.2, 0) is 4.74 Å². The van der Waals surface area contributed by atoms with E-state index in [2.05, 4.69) is 4.98 Å². The van der Waals surface area contributed by atoms with E-state index in [0.29, 0.717) is 32.1 Å². The highest BCUT2D eigenvalue weighted by Crippen LogP contribution is 2.23. The Morgan fingerprint density at radius 1 is 1.48 bits per heavy atom. The van der Waals surface area contributed by atoms with E-state index in [0.717, 1.165) is 16.7 Å². The Balaban J connectivity index is 1.87. The first-order valence-electron chi connectivity index (χ1n) is 7.33. The van der Waals surface area contributed by atoms with E-state index in [1.807, 2.05) is 43.0 Å². The van der Waals surface area contributed by atoms with Crippen LogP contribution in [-0.4, -0.2) is 48.2 Å². The van der Waals surface area contributed by atoms with Gasteiger partial charge in [-0.25, -0.2) is 0 Å². The van der Waals surface area contributed by atoms with Gasteiger partial charge in [0.05, 0.1) is 25.9 Å². The molecule has 1 atom stereocenters. The molecule has 5 heteroatoms. The van der Waals surface area contributed by atoms with Crippen LogP contribution in [0.5, 0.6) is 5.75 Å². The quantitative estimate of drug-likeness (QED) is 0.943. The lowest BCUT2D eigenvalue weighted by Crippen LogP contribution is -2.47. The van der Waals surface area contributed by atoms with Gasteiger partial charge in [0.2, 0.25) is 0 Å². The fourth-order valence-corrected chi connectivity index (χ4v) is 2.66. The number of nitrogens with zero attached hydrogens (tertiary/aromatic N) is 1. The van der Waals surface area contributed by atoms with E-state index in [9.17, 15) is 4.79 Å². The Bertz CT molecular complexity index is 650. The summed E-state index contributed by atoms with van der Waals surface area (Å²) in [5, 5.41) is 1.02. The van der Waals surface area contributed by atoms with Crippen LogP contribution in [0.4, 0.5) is 0 Å². The largest absolute Gasteiger partial charge is 0.494 e. The highest BCUT2D eigenvalue weighted by molar-refractivity contribution is 5.98. The van der Waals surface area contributed by atoms with Crippen molar-refractivity contribution in [3.8, 4) is 5.75 Å². The number of carbonyl (C=O) groups excluding carboxylic acids is 1. The van der Waals surface area contributed by atoms with Gasteiger partial charge in [-0.3, -0.25) is 4.79 Å². The molecule has 0 bridgehead atoms. The maximum absolute atomic E-state index is 12.6. The van der Waals surface area contributed by atoms with Crippen molar-refractivity contribution >= 4 is 16.8 Å². The maximum atomic E-state index is 12.6. The molecule has 1 unspecified atom stereocenters. The Kier molecular flexibility index (Phi) is 3.84. The third-order valence-electron chi connectivity index (χ3n) is 3.76. The minimum atomic E-state index is 0.0277. The number of carbonyl (C=O) groups is 1. The average Bonchev–Trinajstić information content (AvgIpc) is 2.90. The predicted molar refractivity (Wildman–Crippen MR) is 80.8 cm³/mol. The topological polar surface area (TPSA) is 54.6 Å². The van der Waals surface area contributed by atoms with Gasteiger partial charge in [0.15, 0.2) is 0 Å². The number of amides is 1. The summed E-state index contributed by atoms with van der Waals surface area (Å²) in [6.07, 6.45) is 0. The average molecular weight is 288 g/mol. The zero-order valence-corrected chi connectivity index (χ0v) is 12.4. The normalized spacial score (nSPS) is 19.0. The van der Waals surface area contributed by atoms with Gasteiger partial charge in [-0.15, -0.1) is 0 Å². The van der Waals surface area contributed by atoms with Crippen molar-refractivity contribution in [3.05, 3.63) is 30.0 Å². The van der Waals surface area contributed by atoms with Crippen LogP contribution >= 0.6 is 0 Å². The number of hydrogen-bond acceptors (Lipinski definition) is 3. The monoisotopic (exact) mass is 288 g/mol. The maximum Gasteiger partial charge on any atom is 0.270 e. The van der Waals surface area contributed by atoms with Gasteiger partial charge in [-0.05, 0) is 32.0 Å². The van der Waals surface area contributed by atoms with Gasteiger partial charge >= 0.3 is 0 Å².